The fourth-order valence-electron chi connectivity index (χ4n) is 4.28. The summed E-state index contributed by atoms with van der Waals surface area (Å²) in [6.07, 6.45) is 2.70. The second-order valence-corrected chi connectivity index (χ2v) is 9.54. The van der Waals surface area contributed by atoms with E-state index >= 15 is 0 Å². The third-order valence-corrected chi connectivity index (χ3v) is 6.37. The molecule has 3 unspecified atom stereocenters. The van der Waals surface area contributed by atoms with Crippen LogP contribution in [0.5, 0.6) is 0 Å². The van der Waals surface area contributed by atoms with E-state index in [-0.39, 0.29) is 25.2 Å². The SMILES string of the molecule is NC(N)=NCCCC(N)C(=O)NC(Cc1c[nH]c2ccccc12)C(=O)NC(Cc1ccccc1)C(=O)NCC(=O)O. The molecule has 2 aromatic carbocycles. The number of nitrogens with two attached hydrogens (primary N) is 3. The molecule has 0 aliphatic heterocycles. The second-order valence-electron chi connectivity index (χ2n) is 9.54. The number of aliphatic carboxylic acids is 1. The molecular formula is C28H36N8O5. The molecule has 1 aromatic heterocycles. The van der Waals surface area contributed by atoms with Gasteiger partial charge in [0.2, 0.25) is 17.7 Å². The monoisotopic (exact) mass is 564 g/mol. The number of aromatic nitrogens is 1. The number of amides is 3. The molecule has 3 amide bonds. The van der Waals surface area contributed by atoms with E-state index in [0.29, 0.717) is 13.0 Å². The standard InChI is InChI=1S/C28H36N8O5/c29-20(10-6-12-32-28(30)31)25(39)35-23(14-18-15-33-21-11-5-4-9-19(18)21)27(41)36-22(26(40)34-16-24(37)38)13-17-7-2-1-3-8-17/h1-5,7-9,11,15,20,22-23,33H,6,10,12-14,16,29H2,(H,34,40)(H,35,39)(H,36,41)(H,37,38)(H4,30,31,32). The Bertz CT molecular complexity index is 1370. The van der Waals surface area contributed by atoms with Gasteiger partial charge in [0.05, 0.1) is 6.04 Å². The zero-order valence-electron chi connectivity index (χ0n) is 22.5. The Balaban J connectivity index is 1.81. The quantitative estimate of drug-likeness (QED) is 0.0680. The van der Waals surface area contributed by atoms with Crippen molar-refractivity contribution < 1.29 is 24.3 Å². The zero-order valence-corrected chi connectivity index (χ0v) is 22.5. The van der Waals surface area contributed by atoms with Crippen LogP contribution in [0.4, 0.5) is 0 Å². The molecule has 3 aromatic rings. The van der Waals surface area contributed by atoms with Crippen molar-refractivity contribution in [2.24, 2.45) is 22.2 Å². The Morgan fingerprint density at radius 2 is 1.54 bits per heavy atom. The summed E-state index contributed by atoms with van der Waals surface area (Å²) in [7, 11) is 0. The van der Waals surface area contributed by atoms with Crippen molar-refractivity contribution in [1.82, 2.24) is 20.9 Å². The van der Waals surface area contributed by atoms with Crippen LogP contribution in [0, 0.1) is 0 Å². The Morgan fingerprint density at radius 1 is 0.878 bits per heavy atom. The van der Waals surface area contributed by atoms with E-state index in [1.807, 2.05) is 30.3 Å². The van der Waals surface area contributed by atoms with E-state index < -0.39 is 48.4 Å². The number of aliphatic imine (C=N–C) groups is 1. The number of H-pyrrole nitrogens is 1. The minimum atomic E-state index is -1.22. The molecule has 1 heterocycles. The number of carbonyl (C=O) groups excluding carboxylic acids is 3. The second kappa shape index (κ2) is 15.0. The van der Waals surface area contributed by atoms with Crippen molar-refractivity contribution in [3.05, 3.63) is 71.9 Å². The molecule has 0 radical (unpaired) electrons. The minimum absolute atomic E-state index is 0.0593. The number of hydrogen-bond donors (Lipinski definition) is 8. The minimum Gasteiger partial charge on any atom is -0.480 e. The number of nitrogens with one attached hydrogen (secondary N) is 4. The lowest BCUT2D eigenvalue weighted by Crippen LogP contribution is -2.57. The molecule has 0 spiro atoms. The van der Waals surface area contributed by atoms with Crippen LogP contribution in [-0.2, 0) is 32.0 Å². The number of nitrogens with zero attached hydrogens (tertiary/aromatic N) is 1. The largest absolute Gasteiger partial charge is 0.480 e. The van der Waals surface area contributed by atoms with Gasteiger partial charge in [0.15, 0.2) is 5.96 Å². The summed E-state index contributed by atoms with van der Waals surface area (Å²) in [4.78, 5) is 57.6. The van der Waals surface area contributed by atoms with Crippen molar-refractivity contribution in [2.45, 2.75) is 43.8 Å². The lowest BCUT2D eigenvalue weighted by molar-refractivity contribution is -0.138. The first-order chi connectivity index (χ1) is 19.6. The molecular weight excluding hydrogens is 528 g/mol. The predicted molar refractivity (Wildman–Crippen MR) is 155 cm³/mol. The molecule has 0 bridgehead atoms. The molecule has 0 aliphatic carbocycles. The number of hydrogen-bond acceptors (Lipinski definition) is 6. The molecule has 0 aliphatic rings. The van der Waals surface area contributed by atoms with Gasteiger partial charge in [0.1, 0.15) is 18.6 Å². The number of para-hydroxylation sites is 1. The van der Waals surface area contributed by atoms with Crippen molar-refractivity contribution in [3.63, 3.8) is 0 Å². The summed E-state index contributed by atoms with van der Waals surface area (Å²) in [6.45, 7) is -0.306. The van der Waals surface area contributed by atoms with Crippen LogP contribution in [0.3, 0.4) is 0 Å². The fourth-order valence-corrected chi connectivity index (χ4v) is 4.28. The maximum atomic E-state index is 13.6. The molecule has 0 fully saturated rings. The first-order valence-electron chi connectivity index (χ1n) is 13.1. The predicted octanol–water partition coefficient (Wildman–Crippen LogP) is -0.496. The average Bonchev–Trinajstić information content (AvgIpc) is 3.36. The average molecular weight is 565 g/mol. The van der Waals surface area contributed by atoms with Crippen LogP contribution in [0.15, 0.2) is 65.8 Å². The molecule has 13 nitrogen and oxygen atoms in total. The van der Waals surface area contributed by atoms with Gasteiger partial charge in [0, 0.05) is 36.5 Å². The van der Waals surface area contributed by atoms with Gasteiger partial charge in [-0.15, -0.1) is 0 Å². The van der Waals surface area contributed by atoms with Gasteiger partial charge >= 0.3 is 5.97 Å². The van der Waals surface area contributed by atoms with Crippen molar-refractivity contribution >= 4 is 40.6 Å². The van der Waals surface area contributed by atoms with Gasteiger partial charge in [-0.1, -0.05) is 48.5 Å². The van der Waals surface area contributed by atoms with Crippen LogP contribution >= 0.6 is 0 Å². The summed E-state index contributed by atoms with van der Waals surface area (Å²) in [5, 5.41) is 17.6. The Hall–Kier alpha value is -4.91. The van der Waals surface area contributed by atoms with E-state index in [1.54, 1.807) is 30.5 Å². The Morgan fingerprint density at radius 3 is 2.24 bits per heavy atom. The number of benzene rings is 2. The number of guanidine groups is 1. The first-order valence-corrected chi connectivity index (χ1v) is 13.1. The van der Waals surface area contributed by atoms with Crippen LogP contribution in [0.2, 0.25) is 0 Å². The molecule has 0 saturated carbocycles. The number of carbonyl (C=O) groups is 4. The van der Waals surface area contributed by atoms with Gasteiger partial charge in [-0.2, -0.15) is 0 Å². The highest BCUT2D eigenvalue weighted by Crippen LogP contribution is 2.19. The summed E-state index contributed by atoms with van der Waals surface area (Å²) in [6, 6.07) is 13.4. The Kier molecular flexibility index (Phi) is 11.2. The van der Waals surface area contributed by atoms with Gasteiger partial charge in [-0.05, 0) is 30.0 Å². The van der Waals surface area contributed by atoms with E-state index in [4.69, 9.17) is 22.3 Å². The molecule has 11 N–H and O–H groups in total. The van der Waals surface area contributed by atoms with E-state index in [2.05, 4.69) is 25.9 Å². The lowest BCUT2D eigenvalue weighted by Gasteiger charge is -2.24. The number of fused-ring (bicyclic) bond motifs is 1. The van der Waals surface area contributed by atoms with Gasteiger partial charge in [-0.25, -0.2) is 0 Å². The van der Waals surface area contributed by atoms with Crippen LogP contribution in [0.25, 0.3) is 10.9 Å². The molecule has 3 atom stereocenters. The third-order valence-electron chi connectivity index (χ3n) is 6.37. The molecule has 13 heteroatoms. The van der Waals surface area contributed by atoms with E-state index in [9.17, 15) is 19.2 Å². The molecule has 41 heavy (non-hydrogen) atoms. The highest BCUT2D eigenvalue weighted by molar-refractivity contribution is 5.94. The topological polar surface area (TPSA) is 231 Å². The highest BCUT2D eigenvalue weighted by atomic mass is 16.4. The lowest BCUT2D eigenvalue weighted by atomic mass is 10.0. The van der Waals surface area contributed by atoms with Gasteiger partial charge < -0.3 is 43.2 Å². The van der Waals surface area contributed by atoms with E-state index in [1.165, 1.54) is 0 Å². The van der Waals surface area contributed by atoms with Crippen LogP contribution in [-0.4, -0.2) is 71.0 Å². The van der Waals surface area contributed by atoms with Crippen LogP contribution in [0.1, 0.15) is 24.0 Å². The Labute approximate surface area is 236 Å². The van der Waals surface area contributed by atoms with Crippen molar-refractivity contribution in [2.75, 3.05) is 13.1 Å². The number of aromatic amines is 1. The maximum absolute atomic E-state index is 13.6. The van der Waals surface area contributed by atoms with E-state index in [0.717, 1.165) is 22.0 Å². The van der Waals surface area contributed by atoms with Gasteiger partial charge in [0.25, 0.3) is 0 Å². The molecule has 3 rings (SSSR count). The number of carboxylic acids is 1. The summed E-state index contributed by atoms with van der Waals surface area (Å²) < 4.78 is 0. The normalized spacial score (nSPS) is 13.0. The van der Waals surface area contributed by atoms with Crippen molar-refractivity contribution in [1.29, 1.82) is 0 Å². The summed E-state index contributed by atoms with van der Waals surface area (Å²) >= 11 is 0. The highest BCUT2D eigenvalue weighted by Gasteiger charge is 2.29. The molecule has 0 saturated heterocycles. The first kappa shape index (κ1) is 30.6. The number of carboxylic acid groups (broad SMARTS) is 1. The molecule has 218 valence electrons. The maximum Gasteiger partial charge on any atom is 0.322 e. The zero-order chi connectivity index (χ0) is 29.8. The summed E-state index contributed by atoms with van der Waals surface area (Å²) in [5.41, 5.74) is 19.1. The number of rotatable bonds is 15. The summed E-state index contributed by atoms with van der Waals surface area (Å²) in [5.74, 6) is -3.12. The van der Waals surface area contributed by atoms with Gasteiger partial charge in [-0.3, -0.25) is 24.2 Å². The smallest absolute Gasteiger partial charge is 0.322 e. The fraction of sp³-hybridized carbons (Fsp3) is 0.321. The van der Waals surface area contributed by atoms with Crippen molar-refractivity contribution in [3.8, 4) is 0 Å². The van der Waals surface area contributed by atoms with Crippen LogP contribution < -0.4 is 33.2 Å². The third kappa shape index (κ3) is 9.65.